The van der Waals surface area contributed by atoms with Gasteiger partial charge in [0.05, 0.1) is 0 Å². The van der Waals surface area contributed by atoms with E-state index >= 15 is 0 Å². The Morgan fingerprint density at radius 2 is 1.59 bits per heavy atom. The molecule has 2 nitrogen and oxygen atoms in total. The fourth-order valence-electron chi connectivity index (χ4n) is 2.33. The standard InChI is InChI=1S/C15H34N2/c1-9-16-13(15(5,6)7)10-11-17(8)12-14(2,3)4/h13,16H,9-12H2,1-8H3. The third-order valence-corrected chi connectivity index (χ3v) is 3.04. The molecule has 0 aliphatic carbocycles. The van der Waals surface area contributed by atoms with Crippen LogP contribution in [0.4, 0.5) is 0 Å². The highest BCUT2D eigenvalue weighted by atomic mass is 15.1. The van der Waals surface area contributed by atoms with Crippen molar-refractivity contribution in [3.8, 4) is 0 Å². The van der Waals surface area contributed by atoms with Gasteiger partial charge in [-0.1, -0.05) is 48.5 Å². The van der Waals surface area contributed by atoms with Gasteiger partial charge in [0.25, 0.3) is 0 Å². The molecule has 0 rings (SSSR count). The van der Waals surface area contributed by atoms with Crippen LogP contribution in [-0.2, 0) is 0 Å². The van der Waals surface area contributed by atoms with Crippen LogP contribution in [0.2, 0.25) is 0 Å². The third-order valence-electron chi connectivity index (χ3n) is 3.04. The Labute approximate surface area is 109 Å². The first kappa shape index (κ1) is 16.9. The average molecular weight is 242 g/mol. The molecule has 0 aromatic carbocycles. The molecular weight excluding hydrogens is 208 g/mol. The van der Waals surface area contributed by atoms with Gasteiger partial charge in [-0.25, -0.2) is 0 Å². The summed E-state index contributed by atoms with van der Waals surface area (Å²) in [4.78, 5) is 2.45. The maximum absolute atomic E-state index is 3.61. The van der Waals surface area contributed by atoms with Crippen LogP contribution in [-0.4, -0.2) is 37.6 Å². The average Bonchev–Trinajstić information content (AvgIpc) is 2.07. The minimum atomic E-state index is 0.346. The van der Waals surface area contributed by atoms with E-state index in [2.05, 4.69) is 65.7 Å². The first-order valence-electron chi connectivity index (χ1n) is 6.98. The molecule has 17 heavy (non-hydrogen) atoms. The number of nitrogens with one attached hydrogen (secondary N) is 1. The lowest BCUT2D eigenvalue weighted by atomic mass is 9.84. The summed E-state index contributed by atoms with van der Waals surface area (Å²) in [7, 11) is 2.23. The summed E-state index contributed by atoms with van der Waals surface area (Å²) in [6, 6.07) is 0.606. The minimum Gasteiger partial charge on any atom is -0.314 e. The van der Waals surface area contributed by atoms with E-state index in [1.165, 1.54) is 13.0 Å². The maximum Gasteiger partial charge on any atom is 0.0128 e. The molecule has 0 fully saturated rings. The highest BCUT2D eigenvalue weighted by Gasteiger charge is 2.24. The van der Waals surface area contributed by atoms with Crippen molar-refractivity contribution in [1.82, 2.24) is 10.2 Å². The summed E-state index contributed by atoms with van der Waals surface area (Å²) < 4.78 is 0. The summed E-state index contributed by atoms with van der Waals surface area (Å²) in [6.45, 7) is 19.5. The Morgan fingerprint density at radius 1 is 1.06 bits per heavy atom. The van der Waals surface area contributed by atoms with Gasteiger partial charge in [0, 0.05) is 12.6 Å². The van der Waals surface area contributed by atoms with Crippen molar-refractivity contribution in [1.29, 1.82) is 0 Å². The predicted molar refractivity (Wildman–Crippen MR) is 78.5 cm³/mol. The second kappa shape index (κ2) is 6.75. The van der Waals surface area contributed by atoms with Crippen molar-refractivity contribution in [3.05, 3.63) is 0 Å². The summed E-state index contributed by atoms with van der Waals surface area (Å²) in [6.07, 6.45) is 1.23. The molecule has 104 valence electrons. The fourth-order valence-corrected chi connectivity index (χ4v) is 2.33. The van der Waals surface area contributed by atoms with Gasteiger partial charge < -0.3 is 10.2 Å². The fraction of sp³-hybridized carbons (Fsp3) is 1.00. The van der Waals surface area contributed by atoms with Gasteiger partial charge in [-0.15, -0.1) is 0 Å². The topological polar surface area (TPSA) is 15.3 Å². The Kier molecular flexibility index (Phi) is 6.71. The van der Waals surface area contributed by atoms with E-state index in [0.29, 0.717) is 16.9 Å². The van der Waals surface area contributed by atoms with Crippen LogP contribution >= 0.6 is 0 Å². The van der Waals surface area contributed by atoms with E-state index in [0.717, 1.165) is 13.1 Å². The molecule has 1 unspecified atom stereocenters. The second-order valence-electron chi connectivity index (χ2n) is 7.56. The first-order chi connectivity index (χ1) is 7.56. The van der Waals surface area contributed by atoms with Crippen LogP contribution in [0.1, 0.15) is 54.9 Å². The summed E-state index contributed by atoms with van der Waals surface area (Å²) >= 11 is 0. The van der Waals surface area contributed by atoms with E-state index in [1.807, 2.05) is 0 Å². The maximum atomic E-state index is 3.61. The second-order valence-corrected chi connectivity index (χ2v) is 7.56. The number of hydrogen-bond donors (Lipinski definition) is 1. The third kappa shape index (κ3) is 8.62. The highest BCUT2D eigenvalue weighted by molar-refractivity contribution is 4.81. The summed E-state index contributed by atoms with van der Waals surface area (Å²) in [5.74, 6) is 0. The lowest BCUT2D eigenvalue weighted by Gasteiger charge is -2.34. The smallest absolute Gasteiger partial charge is 0.0128 e. The van der Waals surface area contributed by atoms with Crippen LogP contribution in [0.15, 0.2) is 0 Å². The van der Waals surface area contributed by atoms with Gasteiger partial charge in [0.2, 0.25) is 0 Å². The minimum absolute atomic E-state index is 0.346. The van der Waals surface area contributed by atoms with Crippen molar-refractivity contribution < 1.29 is 0 Å². The van der Waals surface area contributed by atoms with Crippen LogP contribution in [0.5, 0.6) is 0 Å². The predicted octanol–water partition coefficient (Wildman–Crippen LogP) is 3.38. The Hall–Kier alpha value is -0.0800. The van der Waals surface area contributed by atoms with E-state index < -0.39 is 0 Å². The van der Waals surface area contributed by atoms with E-state index in [9.17, 15) is 0 Å². The molecule has 1 N–H and O–H groups in total. The highest BCUT2D eigenvalue weighted by Crippen LogP contribution is 2.22. The van der Waals surface area contributed by atoms with Gasteiger partial charge in [-0.05, 0) is 37.4 Å². The Bertz CT molecular complexity index is 198. The first-order valence-corrected chi connectivity index (χ1v) is 6.98. The van der Waals surface area contributed by atoms with Crippen molar-refractivity contribution in [3.63, 3.8) is 0 Å². The molecule has 0 aromatic rings. The molecule has 0 bridgehead atoms. The quantitative estimate of drug-likeness (QED) is 0.768. The van der Waals surface area contributed by atoms with Crippen LogP contribution in [0, 0.1) is 10.8 Å². The lowest BCUT2D eigenvalue weighted by molar-refractivity contribution is 0.189. The molecular formula is C15H34N2. The monoisotopic (exact) mass is 242 g/mol. The van der Waals surface area contributed by atoms with Crippen molar-refractivity contribution >= 4 is 0 Å². The molecule has 0 aromatic heterocycles. The van der Waals surface area contributed by atoms with Crippen molar-refractivity contribution in [2.75, 3.05) is 26.7 Å². The van der Waals surface area contributed by atoms with E-state index in [-0.39, 0.29) is 0 Å². The van der Waals surface area contributed by atoms with Gasteiger partial charge in [0.1, 0.15) is 0 Å². The molecule has 0 radical (unpaired) electrons. The van der Waals surface area contributed by atoms with Crippen molar-refractivity contribution in [2.24, 2.45) is 10.8 Å². The summed E-state index contributed by atoms with van der Waals surface area (Å²) in [5.41, 5.74) is 0.739. The molecule has 0 amide bonds. The molecule has 1 atom stereocenters. The lowest BCUT2D eigenvalue weighted by Crippen LogP contribution is -2.43. The van der Waals surface area contributed by atoms with Crippen LogP contribution in [0.3, 0.4) is 0 Å². The van der Waals surface area contributed by atoms with E-state index in [4.69, 9.17) is 0 Å². The Morgan fingerprint density at radius 3 is 1.94 bits per heavy atom. The Balaban J connectivity index is 4.13. The van der Waals surface area contributed by atoms with Gasteiger partial charge in [0.15, 0.2) is 0 Å². The number of rotatable bonds is 6. The van der Waals surface area contributed by atoms with Crippen molar-refractivity contribution in [2.45, 2.75) is 60.9 Å². The SMILES string of the molecule is CCNC(CCN(C)CC(C)(C)C)C(C)(C)C. The molecule has 2 heteroatoms. The van der Waals surface area contributed by atoms with E-state index in [1.54, 1.807) is 0 Å². The van der Waals surface area contributed by atoms with Crippen LogP contribution in [0.25, 0.3) is 0 Å². The van der Waals surface area contributed by atoms with Crippen LogP contribution < -0.4 is 5.32 Å². The molecule has 0 spiro atoms. The molecule has 0 saturated carbocycles. The van der Waals surface area contributed by atoms with Gasteiger partial charge in [-0.3, -0.25) is 0 Å². The molecule has 0 heterocycles. The normalized spacial score (nSPS) is 15.4. The van der Waals surface area contributed by atoms with Gasteiger partial charge in [-0.2, -0.15) is 0 Å². The number of hydrogen-bond acceptors (Lipinski definition) is 2. The molecule has 0 aliphatic heterocycles. The van der Waals surface area contributed by atoms with Gasteiger partial charge >= 0.3 is 0 Å². The molecule has 0 saturated heterocycles. The zero-order chi connectivity index (χ0) is 13.7. The summed E-state index contributed by atoms with van der Waals surface area (Å²) in [5, 5.41) is 3.61. The zero-order valence-corrected chi connectivity index (χ0v) is 13.4. The number of nitrogens with zero attached hydrogens (tertiary/aromatic N) is 1. The zero-order valence-electron chi connectivity index (χ0n) is 13.4. The molecule has 0 aliphatic rings. The largest absolute Gasteiger partial charge is 0.314 e.